The SMILES string of the molecule is CCc1ccc(S(=O)(=O)NC(CC)(CC)CN)cc1.Cl. The van der Waals surface area contributed by atoms with Gasteiger partial charge in [0.15, 0.2) is 0 Å². The van der Waals surface area contributed by atoms with E-state index in [9.17, 15) is 8.42 Å². The van der Waals surface area contributed by atoms with Gasteiger partial charge in [-0.3, -0.25) is 0 Å². The van der Waals surface area contributed by atoms with Crippen LogP contribution < -0.4 is 10.5 Å². The number of sulfonamides is 1. The second-order valence-corrected chi connectivity index (χ2v) is 6.48. The molecule has 6 heteroatoms. The highest BCUT2D eigenvalue weighted by molar-refractivity contribution is 7.89. The van der Waals surface area contributed by atoms with Crippen LogP contribution >= 0.6 is 12.4 Å². The zero-order valence-corrected chi connectivity index (χ0v) is 14.0. The lowest BCUT2D eigenvalue weighted by atomic mass is 9.95. The van der Waals surface area contributed by atoms with Crippen molar-refractivity contribution in [1.82, 2.24) is 4.72 Å². The first-order valence-electron chi connectivity index (χ1n) is 6.76. The standard InChI is InChI=1S/C14H24N2O2S.ClH/c1-4-12-7-9-13(10-8-12)19(17,18)16-14(5-2,6-3)11-15;/h7-10,16H,4-6,11,15H2,1-3H3;1H. The molecule has 0 aliphatic carbocycles. The average Bonchev–Trinajstić information content (AvgIpc) is 2.45. The third-order valence-corrected chi connectivity index (χ3v) is 5.33. The fourth-order valence-corrected chi connectivity index (χ4v) is 3.53. The fraction of sp³-hybridized carbons (Fsp3) is 0.571. The normalized spacial score (nSPS) is 12.0. The van der Waals surface area contributed by atoms with Crippen molar-refractivity contribution >= 4 is 22.4 Å². The number of aryl methyl sites for hydroxylation is 1. The molecule has 1 aromatic carbocycles. The van der Waals surface area contributed by atoms with Crippen molar-refractivity contribution in [2.75, 3.05) is 6.54 Å². The third-order valence-electron chi connectivity index (χ3n) is 3.74. The molecule has 116 valence electrons. The van der Waals surface area contributed by atoms with Crippen molar-refractivity contribution < 1.29 is 8.42 Å². The van der Waals surface area contributed by atoms with E-state index in [0.29, 0.717) is 24.3 Å². The van der Waals surface area contributed by atoms with Crippen LogP contribution in [0.3, 0.4) is 0 Å². The van der Waals surface area contributed by atoms with Gasteiger partial charge < -0.3 is 5.73 Å². The molecule has 20 heavy (non-hydrogen) atoms. The van der Waals surface area contributed by atoms with E-state index in [-0.39, 0.29) is 12.4 Å². The average molecular weight is 321 g/mol. The molecule has 1 aromatic rings. The van der Waals surface area contributed by atoms with Crippen molar-refractivity contribution in [2.24, 2.45) is 5.73 Å². The molecular weight excluding hydrogens is 296 g/mol. The largest absolute Gasteiger partial charge is 0.329 e. The topological polar surface area (TPSA) is 72.2 Å². The molecule has 0 radical (unpaired) electrons. The number of hydrogen-bond acceptors (Lipinski definition) is 3. The van der Waals surface area contributed by atoms with Crippen molar-refractivity contribution in [1.29, 1.82) is 0 Å². The fourth-order valence-electron chi connectivity index (χ4n) is 1.97. The van der Waals surface area contributed by atoms with Gasteiger partial charge in [0.05, 0.1) is 4.90 Å². The number of nitrogens with one attached hydrogen (secondary N) is 1. The molecule has 0 unspecified atom stereocenters. The van der Waals surface area contributed by atoms with Gasteiger partial charge in [-0.1, -0.05) is 32.9 Å². The first-order chi connectivity index (χ1) is 8.93. The summed E-state index contributed by atoms with van der Waals surface area (Å²) in [5.41, 5.74) is 6.30. The highest BCUT2D eigenvalue weighted by Gasteiger charge is 2.30. The monoisotopic (exact) mass is 320 g/mol. The van der Waals surface area contributed by atoms with Gasteiger partial charge in [0, 0.05) is 12.1 Å². The van der Waals surface area contributed by atoms with E-state index in [1.807, 2.05) is 32.9 Å². The maximum Gasteiger partial charge on any atom is 0.241 e. The second-order valence-electron chi connectivity index (χ2n) is 4.79. The summed E-state index contributed by atoms with van der Waals surface area (Å²) in [6.45, 7) is 6.22. The van der Waals surface area contributed by atoms with Gasteiger partial charge in [-0.15, -0.1) is 12.4 Å². The van der Waals surface area contributed by atoms with Crippen LogP contribution in [0.5, 0.6) is 0 Å². The number of nitrogens with two attached hydrogens (primary N) is 1. The van der Waals surface area contributed by atoms with Crippen LogP contribution in [0.4, 0.5) is 0 Å². The predicted octanol–water partition coefficient (Wildman–Crippen LogP) is 2.47. The predicted molar refractivity (Wildman–Crippen MR) is 85.8 cm³/mol. The van der Waals surface area contributed by atoms with Crippen LogP contribution in [0.25, 0.3) is 0 Å². The lowest BCUT2D eigenvalue weighted by Crippen LogP contribution is -2.52. The molecule has 0 bridgehead atoms. The quantitative estimate of drug-likeness (QED) is 0.810. The van der Waals surface area contributed by atoms with Gasteiger partial charge in [0.2, 0.25) is 10.0 Å². The lowest BCUT2D eigenvalue weighted by Gasteiger charge is -2.31. The van der Waals surface area contributed by atoms with Crippen LogP contribution in [0.15, 0.2) is 29.2 Å². The van der Waals surface area contributed by atoms with Gasteiger partial charge in [-0.05, 0) is 37.0 Å². The van der Waals surface area contributed by atoms with Gasteiger partial charge >= 0.3 is 0 Å². The van der Waals surface area contributed by atoms with E-state index < -0.39 is 15.6 Å². The Morgan fingerprint density at radius 3 is 1.95 bits per heavy atom. The zero-order valence-electron chi connectivity index (χ0n) is 12.3. The van der Waals surface area contributed by atoms with E-state index in [2.05, 4.69) is 4.72 Å². The summed E-state index contributed by atoms with van der Waals surface area (Å²) >= 11 is 0. The molecule has 0 heterocycles. The summed E-state index contributed by atoms with van der Waals surface area (Å²) in [5.74, 6) is 0. The summed E-state index contributed by atoms with van der Waals surface area (Å²) in [7, 11) is -3.51. The maximum atomic E-state index is 12.4. The van der Waals surface area contributed by atoms with Crippen LogP contribution in [0.1, 0.15) is 39.2 Å². The molecule has 0 aromatic heterocycles. The molecule has 0 aliphatic heterocycles. The summed E-state index contributed by atoms with van der Waals surface area (Å²) in [5, 5.41) is 0. The Kier molecular flexibility index (Phi) is 7.73. The molecule has 4 nitrogen and oxygen atoms in total. The van der Waals surface area contributed by atoms with Crippen LogP contribution in [-0.2, 0) is 16.4 Å². The van der Waals surface area contributed by atoms with Crippen molar-refractivity contribution in [2.45, 2.75) is 50.5 Å². The van der Waals surface area contributed by atoms with Crippen LogP contribution in [0.2, 0.25) is 0 Å². The number of rotatable bonds is 7. The molecule has 0 fully saturated rings. The zero-order chi connectivity index (χ0) is 14.5. The van der Waals surface area contributed by atoms with Gasteiger partial charge in [0.25, 0.3) is 0 Å². The Labute approximate surface area is 128 Å². The van der Waals surface area contributed by atoms with Crippen molar-refractivity contribution in [3.8, 4) is 0 Å². The number of benzene rings is 1. The molecule has 0 saturated carbocycles. The Hall–Kier alpha value is -0.620. The highest BCUT2D eigenvalue weighted by atomic mass is 35.5. The first-order valence-corrected chi connectivity index (χ1v) is 8.24. The molecule has 0 aliphatic rings. The molecule has 0 amide bonds. The van der Waals surface area contributed by atoms with Gasteiger partial charge in [0.1, 0.15) is 0 Å². The van der Waals surface area contributed by atoms with Crippen LogP contribution in [0, 0.1) is 0 Å². The van der Waals surface area contributed by atoms with E-state index in [1.165, 1.54) is 0 Å². The first kappa shape index (κ1) is 19.4. The Morgan fingerprint density at radius 2 is 1.60 bits per heavy atom. The van der Waals surface area contributed by atoms with E-state index in [4.69, 9.17) is 5.73 Å². The van der Waals surface area contributed by atoms with Crippen molar-refractivity contribution in [3.63, 3.8) is 0 Å². The van der Waals surface area contributed by atoms with Gasteiger partial charge in [-0.25, -0.2) is 13.1 Å². The summed E-state index contributed by atoms with van der Waals surface area (Å²) in [6.07, 6.45) is 2.24. The molecule has 0 spiro atoms. The van der Waals surface area contributed by atoms with E-state index in [0.717, 1.165) is 12.0 Å². The smallest absolute Gasteiger partial charge is 0.241 e. The maximum absolute atomic E-state index is 12.4. The third kappa shape index (κ3) is 4.45. The summed E-state index contributed by atoms with van der Waals surface area (Å²) in [4.78, 5) is 0.296. The minimum atomic E-state index is -3.51. The minimum absolute atomic E-state index is 0. The van der Waals surface area contributed by atoms with E-state index in [1.54, 1.807) is 12.1 Å². The lowest BCUT2D eigenvalue weighted by molar-refractivity contribution is 0.363. The van der Waals surface area contributed by atoms with E-state index >= 15 is 0 Å². The Balaban J connectivity index is 0.00000361. The highest BCUT2D eigenvalue weighted by Crippen LogP contribution is 2.19. The molecule has 0 atom stereocenters. The summed E-state index contributed by atoms with van der Waals surface area (Å²) in [6, 6.07) is 6.98. The van der Waals surface area contributed by atoms with Crippen LogP contribution in [-0.4, -0.2) is 20.5 Å². The second kappa shape index (κ2) is 7.98. The number of halogens is 1. The van der Waals surface area contributed by atoms with Crippen molar-refractivity contribution in [3.05, 3.63) is 29.8 Å². The number of hydrogen-bond donors (Lipinski definition) is 2. The summed E-state index contributed by atoms with van der Waals surface area (Å²) < 4.78 is 27.5. The minimum Gasteiger partial charge on any atom is -0.329 e. The Morgan fingerprint density at radius 1 is 1.10 bits per heavy atom. The molecule has 3 N–H and O–H groups in total. The molecule has 0 saturated heterocycles. The Bertz CT molecular complexity index is 488. The molecular formula is C14H25ClN2O2S. The van der Waals surface area contributed by atoms with Gasteiger partial charge in [-0.2, -0.15) is 0 Å². The molecule has 1 rings (SSSR count).